The Bertz CT molecular complexity index is 917. The Morgan fingerprint density at radius 1 is 1.21 bits per heavy atom. The second-order valence-corrected chi connectivity index (χ2v) is 7.10. The molecular formula is C20H20N2O5S. The van der Waals surface area contributed by atoms with Crippen molar-refractivity contribution in [3.05, 3.63) is 70.3 Å². The molecule has 2 aromatic heterocycles. The molecular weight excluding hydrogens is 380 g/mol. The third kappa shape index (κ3) is 4.08. The van der Waals surface area contributed by atoms with Crippen molar-refractivity contribution >= 4 is 28.8 Å². The molecule has 0 aliphatic rings. The Balaban J connectivity index is 1.72. The summed E-state index contributed by atoms with van der Waals surface area (Å²) in [5.74, 6) is -1.03. The maximum Gasteiger partial charge on any atom is 0.313 e. The van der Waals surface area contributed by atoms with E-state index in [4.69, 9.17) is 9.15 Å². The number of nitrogens with one attached hydrogen (secondary N) is 2. The van der Waals surface area contributed by atoms with Crippen LogP contribution in [-0.2, 0) is 15.2 Å². The van der Waals surface area contributed by atoms with Crippen LogP contribution in [0.15, 0.2) is 58.5 Å². The van der Waals surface area contributed by atoms with Gasteiger partial charge in [-0.2, -0.15) is 0 Å². The molecule has 2 heterocycles. The van der Waals surface area contributed by atoms with E-state index in [0.29, 0.717) is 16.3 Å². The average Bonchev–Trinajstić information content (AvgIpc) is 3.40. The monoisotopic (exact) mass is 400 g/mol. The summed E-state index contributed by atoms with van der Waals surface area (Å²) in [4.78, 5) is 25.2. The van der Waals surface area contributed by atoms with Crippen molar-refractivity contribution in [2.24, 2.45) is 0 Å². The lowest BCUT2D eigenvalue weighted by Gasteiger charge is -2.25. The third-order valence-corrected chi connectivity index (χ3v) is 5.19. The van der Waals surface area contributed by atoms with Gasteiger partial charge in [-0.05, 0) is 48.2 Å². The molecule has 1 aromatic carbocycles. The maximum atomic E-state index is 12.3. The number of amides is 2. The van der Waals surface area contributed by atoms with Gasteiger partial charge in [0.25, 0.3) is 0 Å². The molecule has 0 spiro atoms. The summed E-state index contributed by atoms with van der Waals surface area (Å²) in [6.07, 6.45) is 1.44. The first kappa shape index (κ1) is 19.7. The van der Waals surface area contributed by atoms with Gasteiger partial charge in [0.15, 0.2) is 5.60 Å². The van der Waals surface area contributed by atoms with Crippen molar-refractivity contribution in [1.29, 1.82) is 0 Å². The first-order chi connectivity index (χ1) is 13.4. The summed E-state index contributed by atoms with van der Waals surface area (Å²) in [5.41, 5.74) is -0.280. The Morgan fingerprint density at radius 2 is 2.04 bits per heavy atom. The molecule has 0 radical (unpaired) electrons. The summed E-state index contributed by atoms with van der Waals surface area (Å²) in [6, 6.07) is 12.0. The van der Waals surface area contributed by atoms with Crippen LogP contribution in [0.1, 0.15) is 16.2 Å². The van der Waals surface area contributed by atoms with Gasteiger partial charge in [-0.1, -0.05) is 12.1 Å². The Morgan fingerprint density at radius 3 is 2.68 bits per heavy atom. The standard InChI is InChI=1S/C20H20N2O5S/c1-13-7-8-15(26-2)14(11-13)22-19(24)18(23)21-12-20(25,16-5-3-9-27-16)17-6-4-10-28-17/h3-11,25H,12H2,1-2H3,(H,21,23)(H,22,24). The Hall–Kier alpha value is -3.10. The molecule has 2 amide bonds. The minimum absolute atomic E-state index is 0.224. The summed E-state index contributed by atoms with van der Waals surface area (Å²) < 4.78 is 10.5. The molecule has 0 aliphatic carbocycles. The smallest absolute Gasteiger partial charge is 0.313 e. The lowest BCUT2D eigenvalue weighted by atomic mass is 9.98. The van der Waals surface area contributed by atoms with Gasteiger partial charge in [0.05, 0.1) is 25.6 Å². The lowest BCUT2D eigenvalue weighted by Crippen LogP contribution is -2.44. The topological polar surface area (TPSA) is 101 Å². The van der Waals surface area contributed by atoms with Crippen LogP contribution < -0.4 is 15.4 Å². The van der Waals surface area contributed by atoms with Crippen LogP contribution in [0.3, 0.4) is 0 Å². The number of furan rings is 1. The zero-order chi connectivity index (χ0) is 20.1. The SMILES string of the molecule is COc1ccc(C)cc1NC(=O)C(=O)NCC(O)(c1ccco1)c1cccs1. The van der Waals surface area contributed by atoms with Gasteiger partial charge >= 0.3 is 11.8 Å². The maximum absolute atomic E-state index is 12.3. The van der Waals surface area contributed by atoms with E-state index in [9.17, 15) is 14.7 Å². The highest BCUT2D eigenvalue weighted by Gasteiger charge is 2.36. The van der Waals surface area contributed by atoms with Crippen LogP contribution in [-0.4, -0.2) is 30.6 Å². The van der Waals surface area contributed by atoms with E-state index in [1.807, 2.05) is 18.4 Å². The van der Waals surface area contributed by atoms with Gasteiger partial charge in [0.2, 0.25) is 0 Å². The Kier molecular flexibility index (Phi) is 5.81. The predicted octanol–water partition coefficient (Wildman–Crippen LogP) is 2.65. The fourth-order valence-electron chi connectivity index (χ4n) is 2.71. The molecule has 1 unspecified atom stereocenters. The first-order valence-corrected chi connectivity index (χ1v) is 9.36. The van der Waals surface area contributed by atoms with Crippen molar-refractivity contribution in [1.82, 2.24) is 5.32 Å². The number of benzene rings is 1. The van der Waals surface area contributed by atoms with Gasteiger partial charge in [0.1, 0.15) is 11.5 Å². The van der Waals surface area contributed by atoms with Crippen molar-refractivity contribution in [3.63, 3.8) is 0 Å². The highest BCUT2D eigenvalue weighted by Crippen LogP contribution is 2.32. The molecule has 0 saturated heterocycles. The van der Waals surface area contributed by atoms with E-state index in [1.165, 1.54) is 24.7 Å². The number of hydrogen-bond acceptors (Lipinski definition) is 6. The third-order valence-electron chi connectivity index (χ3n) is 4.17. The molecule has 28 heavy (non-hydrogen) atoms. The summed E-state index contributed by atoms with van der Waals surface area (Å²) in [7, 11) is 1.48. The van der Waals surface area contributed by atoms with E-state index in [-0.39, 0.29) is 12.3 Å². The van der Waals surface area contributed by atoms with Crippen LogP contribution in [0.2, 0.25) is 0 Å². The number of aliphatic hydroxyl groups is 1. The van der Waals surface area contributed by atoms with Crippen molar-refractivity contribution in [2.45, 2.75) is 12.5 Å². The molecule has 0 saturated carbocycles. The van der Waals surface area contributed by atoms with Gasteiger partial charge < -0.3 is 24.9 Å². The van der Waals surface area contributed by atoms with Gasteiger partial charge in [-0.25, -0.2) is 0 Å². The van der Waals surface area contributed by atoms with Gasteiger partial charge in [-0.15, -0.1) is 11.3 Å². The Labute approximate surface area is 166 Å². The van der Waals surface area contributed by atoms with E-state index in [1.54, 1.807) is 36.4 Å². The largest absolute Gasteiger partial charge is 0.495 e. The molecule has 7 nitrogen and oxygen atoms in total. The van der Waals surface area contributed by atoms with Crippen LogP contribution in [0.5, 0.6) is 5.75 Å². The van der Waals surface area contributed by atoms with E-state index in [2.05, 4.69) is 10.6 Å². The number of methoxy groups -OCH3 is 1. The zero-order valence-corrected chi connectivity index (χ0v) is 16.2. The molecule has 0 bridgehead atoms. The number of aryl methyl sites for hydroxylation is 1. The minimum Gasteiger partial charge on any atom is -0.495 e. The zero-order valence-electron chi connectivity index (χ0n) is 15.4. The molecule has 1 atom stereocenters. The second kappa shape index (κ2) is 8.28. The molecule has 3 rings (SSSR count). The molecule has 146 valence electrons. The summed E-state index contributed by atoms with van der Waals surface area (Å²) in [6.45, 7) is 1.64. The quantitative estimate of drug-likeness (QED) is 0.552. The van der Waals surface area contributed by atoms with Crippen LogP contribution in [0.4, 0.5) is 5.69 Å². The highest BCUT2D eigenvalue weighted by atomic mass is 32.1. The molecule has 8 heteroatoms. The number of hydrogen-bond donors (Lipinski definition) is 3. The van der Waals surface area contributed by atoms with Crippen LogP contribution >= 0.6 is 11.3 Å². The fourth-order valence-corrected chi connectivity index (χ4v) is 3.54. The lowest BCUT2D eigenvalue weighted by molar-refractivity contribution is -0.136. The molecule has 0 aliphatic heterocycles. The first-order valence-electron chi connectivity index (χ1n) is 8.48. The van der Waals surface area contributed by atoms with E-state index >= 15 is 0 Å². The van der Waals surface area contributed by atoms with Crippen molar-refractivity contribution < 1.29 is 23.8 Å². The summed E-state index contributed by atoms with van der Waals surface area (Å²) in [5, 5.41) is 17.9. The van der Waals surface area contributed by atoms with E-state index < -0.39 is 17.4 Å². The summed E-state index contributed by atoms with van der Waals surface area (Å²) >= 11 is 1.32. The highest BCUT2D eigenvalue weighted by molar-refractivity contribution is 7.10. The molecule has 3 aromatic rings. The van der Waals surface area contributed by atoms with Gasteiger partial charge in [0, 0.05) is 4.88 Å². The van der Waals surface area contributed by atoms with Crippen molar-refractivity contribution in [3.8, 4) is 5.75 Å². The number of ether oxygens (including phenoxy) is 1. The number of carbonyl (C=O) groups excluding carboxylic acids is 2. The second-order valence-electron chi connectivity index (χ2n) is 6.16. The predicted molar refractivity (Wildman–Crippen MR) is 105 cm³/mol. The average molecular weight is 400 g/mol. The van der Waals surface area contributed by atoms with Crippen molar-refractivity contribution in [2.75, 3.05) is 19.0 Å². The minimum atomic E-state index is -1.57. The molecule has 3 N–H and O–H groups in total. The molecule has 0 fully saturated rings. The number of thiophene rings is 1. The van der Waals surface area contributed by atoms with Crippen LogP contribution in [0, 0.1) is 6.92 Å². The van der Waals surface area contributed by atoms with Gasteiger partial charge in [-0.3, -0.25) is 9.59 Å². The van der Waals surface area contributed by atoms with E-state index in [0.717, 1.165) is 5.56 Å². The van der Waals surface area contributed by atoms with Crippen LogP contribution in [0.25, 0.3) is 0 Å². The number of rotatable bonds is 6. The number of anilines is 1. The normalized spacial score (nSPS) is 12.8. The fraction of sp³-hybridized carbons (Fsp3) is 0.200. The number of carbonyl (C=O) groups is 2.